The molecule has 4 aromatic carbocycles. The van der Waals surface area contributed by atoms with E-state index in [1.807, 2.05) is 0 Å². The van der Waals surface area contributed by atoms with Crippen LogP contribution in [-0.2, 0) is 44.6 Å². The van der Waals surface area contributed by atoms with Crippen LogP contribution in [0, 0.1) is 0 Å². The van der Waals surface area contributed by atoms with Crippen LogP contribution in [0.4, 0.5) is 9.59 Å². The molecule has 0 aliphatic carbocycles. The van der Waals surface area contributed by atoms with Crippen LogP contribution in [-0.4, -0.2) is 38.7 Å². The van der Waals surface area contributed by atoms with Crippen molar-refractivity contribution in [1.29, 1.82) is 0 Å². The topological polar surface area (TPSA) is 71.1 Å². The minimum atomic E-state index is -0.504. The normalized spacial score (nSPS) is 10.8. The Kier molecular flexibility index (Phi) is 35.3. The molecule has 0 unspecified atom stereocenters. The van der Waals surface area contributed by atoms with E-state index in [-0.39, 0.29) is 0 Å². The molecule has 6 nitrogen and oxygen atoms in total. The Morgan fingerprint density at radius 1 is 0.227 bits per heavy atom. The summed E-state index contributed by atoms with van der Waals surface area (Å²) in [7, 11) is 0. The van der Waals surface area contributed by atoms with Crippen LogP contribution in [0.15, 0.2) is 121 Å². The highest BCUT2D eigenvalue weighted by atomic mass is 16.7. The summed E-state index contributed by atoms with van der Waals surface area (Å²) in [4.78, 5) is 23.3. The molecule has 4 aromatic rings. The SMILES string of the molecule is O=C(OCCCCCCCCCc1ccccc1)OCCCCCCCCCc1ccccc1.O=C(OCCCCCCCCc1ccccc1)OCCCCCCCCc1ccccc1. The van der Waals surface area contributed by atoms with Crippen LogP contribution < -0.4 is 0 Å². The van der Waals surface area contributed by atoms with Gasteiger partial charge in [-0.3, -0.25) is 0 Å². The lowest BCUT2D eigenvalue weighted by molar-refractivity contribution is 0.0519. The van der Waals surface area contributed by atoms with Gasteiger partial charge in [0.05, 0.1) is 26.4 Å². The molecule has 0 N–H and O–H groups in total. The van der Waals surface area contributed by atoms with Crippen molar-refractivity contribution >= 4 is 12.3 Å². The zero-order chi connectivity index (χ0) is 46.5. The summed E-state index contributed by atoms with van der Waals surface area (Å²) < 4.78 is 20.7. The molecule has 0 aliphatic rings. The lowest BCUT2D eigenvalue weighted by Gasteiger charge is -2.07. The van der Waals surface area contributed by atoms with Gasteiger partial charge in [-0.15, -0.1) is 0 Å². The number of ether oxygens (including phenoxy) is 4. The fourth-order valence-corrected chi connectivity index (χ4v) is 8.19. The van der Waals surface area contributed by atoms with Crippen molar-refractivity contribution in [2.45, 2.75) is 193 Å². The van der Waals surface area contributed by atoms with E-state index in [0.29, 0.717) is 26.4 Å². The lowest BCUT2D eigenvalue weighted by Crippen LogP contribution is -2.09. The maximum absolute atomic E-state index is 11.6. The van der Waals surface area contributed by atoms with Crippen LogP contribution in [0.1, 0.15) is 189 Å². The lowest BCUT2D eigenvalue weighted by atomic mass is 10.0. The van der Waals surface area contributed by atoms with Crippen molar-refractivity contribution in [2.24, 2.45) is 0 Å². The van der Waals surface area contributed by atoms with Crippen molar-refractivity contribution in [2.75, 3.05) is 26.4 Å². The molecular weight excluding hydrogens is 817 g/mol. The third-order valence-electron chi connectivity index (χ3n) is 12.2. The first-order valence-corrected chi connectivity index (χ1v) is 26.4. The van der Waals surface area contributed by atoms with E-state index in [9.17, 15) is 9.59 Å². The van der Waals surface area contributed by atoms with Crippen molar-refractivity contribution < 1.29 is 28.5 Å². The molecule has 0 saturated carbocycles. The molecule has 0 aromatic heterocycles. The van der Waals surface area contributed by atoms with E-state index in [2.05, 4.69) is 121 Å². The Morgan fingerprint density at radius 2 is 0.394 bits per heavy atom. The highest BCUT2D eigenvalue weighted by molar-refractivity contribution is 5.60. The molecule has 0 atom stereocenters. The number of hydrogen-bond acceptors (Lipinski definition) is 6. The van der Waals surface area contributed by atoms with Crippen LogP contribution >= 0.6 is 0 Å². The highest BCUT2D eigenvalue weighted by Crippen LogP contribution is 2.14. The van der Waals surface area contributed by atoms with Gasteiger partial charge >= 0.3 is 12.3 Å². The Labute approximate surface area is 402 Å². The molecule has 0 fully saturated rings. The Morgan fingerprint density at radius 3 is 0.591 bits per heavy atom. The van der Waals surface area contributed by atoms with Crippen molar-refractivity contribution in [3.8, 4) is 0 Å². The zero-order valence-electron chi connectivity index (χ0n) is 41.0. The largest absolute Gasteiger partial charge is 0.508 e. The quantitative estimate of drug-likeness (QED) is 0.0330. The molecule has 6 heteroatoms. The smallest absolute Gasteiger partial charge is 0.434 e. The summed E-state index contributed by atoms with van der Waals surface area (Å²) >= 11 is 0. The predicted molar refractivity (Wildman–Crippen MR) is 275 cm³/mol. The molecule has 0 radical (unpaired) electrons. The van der Waals surface area contributed by atoms with Gasteiger partial charge in [0.25, 0.3) is 0 Å². The summed E-state index contributed by atoms with van der Waals surface area (Å²) in [5, 5.41) is 0. The predicted octanol–water partition coefficient (Wildman–Crippen LogP) is 17.4. The number of unbranched alkanes of at least 4 members (excludes halogenated alkanes) is 22. The van der Waals surface area contributed by atoms with Gasteiger partial charge in [-0.25, -0.2) is 9.59 Å². The third-order valence-corrected chi connectivity index (χ3v) is 12.2. The first kappa shape index (κ1) is 55.7. The monoisotopic (exact) mass is 905 g/mol. The number of carbonyl (C=O) groups excluding carboxylic acids is 2. The number of benzene rings is 4. The van der Waals surface area contributed by atoms with E-state index in [1.165, 1.54) is 164 Å². The molecule has 0 amide bonds. The first-order valence-electron chi connectivity index (χ1n) is 26.4. The average Bonchev–Trinajstić information content (AvgIpc) is 3.35. The van der Waals surface area contributed by atoms with E-state index >= 15 is 0 Å². The molecule has 4 rings (SSSR count). The molecule has 364 valence electrons. The Bertz CT molecular complexity index is 1530. The van der Waals surface area contributed by atoms with Gasteiger partial charge < -0.3 is 18.9 Å². The second kappa shape index (κ2) is 41.8. The highest BCUT2D eigenvalue weighted by Gasteiger charge is 2.05. The van der Waals surface area contributed by atoms with E-state index in [0.717, 1.165) is 51.4 Å². The van der Waals surface area contributed by atoms with Gasteiger partial charge in [-0.05, 0) is 99.3 Å². The van der Waals surface area contributed by atoms with Gasteiger partial charge in [-0.1, -0.05) is 237 Å². The summed E-state index contributed by atoms with van der Waals surface area (Å²) in [6.07, 6.45) is 34.6. The number of aryl methyl sites for hydroxylation is 4. The fraction of sp³-hybridized carbons (Fsp3) is 0.567. The minimum Gasteiger partial charge on any atom is -0.434 e. The van der Waals surface area contributed by atoms with E-state index < -0.39 is 12.3 Å². The molecule has 0 saturated heterocycles. The summed E-state index contributed by atoms with van der Waals surface area (Å²) in [5.41, 5.74) is 5.74. The number of carbonyl (C=O) groups is 2. The van der Waals surface area contributed by atoms with Crippen LogP contribution in [0.5, 0.6) is 0 Å². The molecular formula is C60H88O6. The molecule has 66 heavy (non-hydrogen) atoms. The Hall–Kier alpha value is -4.58. The zero-order valence-corrected chi connectivity index (χ0v) is 41.0. The summed E-state index contributed by atoms with van der Waals surface area (Å²) in [6.45, 7) is 1.92. The number of rotatable bonds is 38. The summed E-state index contributed by atoms with van der Waals surface area (Å²) in [5.74, 6) is 0. The fourth-order valence-electron chi connectivity index (χ4n) is 8.19. The first-order chi connectivity index (χ1) is 32.7. The molecule has 0 heterocycles. The molecule has 0 spiro atoms. The van der Waals surface area contributed by atoms with Crippen LogP contribution in [0.3, 0.4) is 0 Å². The van der Waals surface area contributed by atoms with Crippen LogP contribution in [0.25, 0.3) is 0 Å². The van der Waals surface area contributed by atoms with Gasteiger partial charge in [0.15, 0.2) is 0 Å². The maximum Gasteiger partial charge on any atom is 0.508 e. The number of hydrogen-bond donors (Lipinski definition) is 0. The van der Waals surface area contributed by atoms with Crippen molar-refractivity contribution in [1.82, 2.24) is 0 Å². The Balaban J connectivity index is 0.000000351. The van der Waals surface area contributed by atoms with E-state index in [4.69, 9.17) is 18.9 Å². The molecule has 0 bridgehead atoms. The van der Waals surface area contributed by atoms with Gasteiger partial charge in [-0.2, -0.15) is 0 Å². The van der Waals surface area contributed by atoms with Gasteiger partial charge in [0, 0.05) is 0 Å². The average molecular weight is 905 g/mol. The molecule has 0 aliphatic heterocycles. The standard InChI is InChI=1S/C31H46O3.C29H42O3/c32-31(33-27-19-9-5-1-3-7-13-21-29-23-15-11-16-24-29)34-28-20-10-6-2-4-8-14-22-30-25-17-12-18-26-30;30-29(31-25-17-7-3-1-5-11-19-27-21-13-9-14-22-27)32-26-18-8-4-2-6-12-20-28-23-15-10-16-24-28/h11-12,15-18,23-26H,1-10,13-14,19-22,27-28H2;9-10,13-16,21-24H,1-8,11-12,17-20,25-26H2. The maximum atomic E-state index is 11.6. The third kappa shape index (κ3) is 33.8. The van der Waals surface area contributed by atoms with E-state index in [1.54, 1.807) is 0 Å². The van der Waals surface area contributed by atoms with Gasteiger partial charge in [0.1, 0.15) is 0 Å². The minimum absolute atomic E-state index is 0.476. The van der Waals surface area contributed by atoms with Gasteiger partial charge in [0.2, 0.25) is 0 Å². The van der Waals surface area contributed by atoms with Crippen molar-refractivity contribution in [3.63, 3.8) is 0 Å². The summed E-state index contributed by atoms with van der Waals surface area (Å²) in [6, 6.07) is 42.8. The second-order valence-electron chi connectivity index (χ2n) is 18.0. The van der Waals surface area contributed by atoms with Crippen molar-refractivity contribution in [3.05, 3.63) is 144 Å². The second-order valence-corrected chi connectivity index (χ2v) is 18.0. The van der Waals surface area contributed by atoms with Crippen LogP contribution in [0.2, 0.25) is 0 Å².